The molecule has 0 aliphatic heterocycles. The first kappa shape index (κ1) is 14.4. The molecule has 0 aliphatic rings. The van der Waals surface area contributed by atoms with Crippen LogP contribution in [-0.4, -0.2) is 26.6 Å². The fraction of sp³-hybridized carbons (Fsp3) is 0.364. The Hall–Kier alpha value is -1.63. The molecule has 1 aromatic rings. The molecule has 3 N–H and O–H groups in total. The van der Waals surface area contributed by atoms with Crippen molar-refractivity contribution in [2.45, 2.75) is 18.2 Å². The second kappa shape index (κ2) is 5.81. The van der Waals surface area contributed by atoms with Crippen molar-refractivity contribution in [3.63, 3.8) is 0 Å². The fourth-order valence-electron chi connectivity index (χ4n) is 1.40. The second-order valence-electron chi connectivity index (χ2n) is 3.70. The van der Waals surface area contributed by atoms with Gasteiger partial charge in [-0.2, -0.15) is 0 Å². The van der Waals surface area contributed by atoms with Gasteiger partial charge in [0.1, 0.15) is 5.82 Å². The largest absolute Gasteiger partial charge is 0.398 e. The molecule has 0 bridgehead atoms. The van der Waals surface area contributed by atoms with E-state index in [1.807, 2.05) is 0 Å². The third-order valence-electron chi connectivity index (χ3n) is 2.28. The minimum absolute atomic E-state index is 0.0210. The molecule has 0 heterocycles. The molecule has 0 saturated carbocycles. The number of amides is 1. The van der Waals surface area contributed by atoms with E-state index in [4.69, 9.17) is 5.73 Å². The van der Waals surface area contributed by atoms with E-state index in [-0.39, 0.29) is 22.9 Å². The lowest BCUT2D eigenvalue weighted by molar-refractivity contribution is -0.120. The van der Waals surface area contributed by atoms with E-state index in [1.165, 1.54) is 6.07 Å². The molecule has 5 nitrogen and oxygen atoms in total. The van der Waals surface area contributed by atoms with Crippen molar-refractivity contribution in [3.05, 3.63) is 24.0 Å². The van der Waals surface area contributed by atoms with Gasteiger partial charge in [0.2, 0.25) is 5.91 Å². The Bertz CT molecular complexity index is 543. The summed E-state index contributed by atoms with van der Waals surface area (Å²) in [6.45, 7) is 2.16. The van der Waals surface area contributed by atoms with Crippen molar-refractivity contribution in [1.29, 1.82) is 0 Å². The number of benzene rings is 1. The average molecular weight is 274 g/mol. The lowest BCUT2D eigenvalue weighted by Crippen LogP contribution is -2.25. The number of nitrogens with one attached hydrogen (secondary N) is 1. The van der Waals surface area contributed by atoms with Crippen LogP contribution in [0, 0.1) is 5.82 Å². The minimum atomic E-state index is -3.75. The van der Waals surface area contributed by atoms with E-state index < -0.39 is 21.4 Å². The van der Waals surface area contributed by atoms with Crippen molar-refractivity contribution in [2.75, 3.05) is 18.0 Å². The number of anilines is 1. The van der Waals surface area contributed by atoms with Crippen molar-refractivity contribution < 1.29 is 17.6 Å². The Morgan fingerprint density at radius 2 is 2.11 bits per heavy atom. The normalized spacial score (nSPS) is 11.2. The van der Waals surface area contributed by atoms with Crippen LogP contribution >= 0.6 is 0 Å². The molecule has 0 saturated heterocycles. The number of hydrogen-bond acceptors (Lipinski definition) is 4. The lowest BCUT2D eigenvalue weighted by atomic mass is 10.3. The van der Waals surface area contributed by atoms with E-state index >= 15 is 0 Å². The molecular formula is C11H15FN2O3S. The number of rotatable bonds is 5. The predicted molar refractivity (Wildman–Crippen MR) is 66.2 cm³/mol. The molecular weight excluding hydrogens is 259 g/mol. The summed E-state index contributed by atoms with van der Waals surface area (Å²) < 4.78 is 36.8. The van der Waals surface area contributed by atoms with Crippen LogP contribution in [0.15, 0.2) is 23.1 Å². The summed E-state index contributed by atoms with van der Waals surface area (Å²) in [6, 6.07) is 3.13. The molecule has 1 aromatic carbocycles. The van der Waals surface area contributed by atoms with E-state index in [9.17, 15) is 17.6 Å². The molecule has 0 aromatic heterocycles. The third kappa shape index (κ3) is 3.69. The predicted octanol–water partition coefficient (Wildman–Crippen LogP) is 0.708. The zero-order valence-electron chi connectivity index (χ0n) is 9.94. The van der Waals surface area contributed by atoms with Crippen LogP contribution in [0.25, 0.3) is 0 Å². The molecule has 0 fully saturated rings. The molecule has 0 aliphatic carbocycles. The van der Waals surface area contributed by atoms with Gasteiger partial charge in [0, 0.05) is 13.0 Å². The van der Waals surface area contributed by atoms with Crippen LogP contribution < -0.4 is 11.1 Å². The van der Waals surface area contributed by atoms with Gasteiger partial charge in [-0.05, 0) is 25.1 Å². The minimum Gasteiger partial charge on any atom is -0.398 e. The van der Waals surface area contributed by atoms with Gasteiger partial charge in [-0.25, -0.2) is 12.8 Å². The highest BCUT2D eigenvalue weighted by molar-refractivity contribution is 7.91. The van der Waals surface area contributed by atoms with Crippen molar-refractivity contribution >= 4 is 21.4 Å². The van der Waals surface area contributed by atoms with Gasteiger partial charge < -0.3 is 11.1 Å². The highest BCUT2D eigenvalue weighted by atomic mass is 32.2. The van der Waals surface area contributed by atoms with Gasteiger partial charge in [-0.1, -0.05) is 0 Å². The SMILES string of the molecule is CCNC(=O)CCS(=O)(=O)c1cc(F)ccc1N. The quantitative estimate of drug-likeness (QED) is 0.774. The first-order chi connectivity index (χ1) is 8.36. The van der Waals surface area contributed by atoms with Gasteiger partial charge >= 0.3 is 0 Å². The summed E-state index contributed by atoms with van der Waals surface area (Å²) in [6.07, 6.45) is -0.174. The third-order valence-corrected chi connectivity index (χ3v) is 4.05. The van der Waals surface area contributed by atoms with Crippen LogP contribution in [0.1, 0.15) is 13.3 Å². The topological polar surface area (TPSA) is 89.3 Å². The number of halogens is 1. The number of nitrogens with two attached hydrogens (primary N) is 1. The van der Waals surface area contributed by atoms with Gasteiger partial charge in [-0.3, -0.25) is 4.79 Å². The second-order valence-corrected chi connectivity index (χ2v) is 5.78. The molecule has 0 radical (unpaired) electrons. The van der Waals surface area contributed by atoms with E-state index in [2.05, 4.69) is 5.32 Å². The summed E-state index contributed by atoms with van der Waals surface area (Å²) >= 11 is 0. The van der Waals surface area contributed by atoms with Crippen LogP contribution in [0.2, 0.25) is 0 Å². The molecule has 7 heteroatoms. The zero-order chi connectivity index (χ0) is 13.8. The summed E-state index contributed by atoms with van der Waals surface area (Å²) in [7, 11) is -3.75. The molecule has 1 rings (SSSR count). The highest BCUT2D eigenvalue weighted by Gasteiger charge is 2.19. The van der Waals surface area contributed by atoms with Crippen LogP contribution in [-0.2, 0) is 14.6 Å². The standard InChI is InChI=1S/C11H15FN2O3S/c1-2-14-11(15)5-6-18(16,17)10-7-8(12)3-4-9(10)13/h3-4,7H,2,5-6,13H2,1H3,(H,14,15). The Labute approximate surface area is 105 Å². The molecule has 0 unspecified atom stereocenters. The maximum atomic E-state index is 13.0. The van der Waals surface area contributed by atoms with Gasteiger partial charge in [0.05, 0.1) is 16.3 Å². The maximum Gasteiger partial charge on any atom is 0.221 e. The molecule has 100 valence electrons. The van der Waals surface area contributed by atoms with Gasteiger partial charge in [-0.15, -0.1) is 0 Å². The summed E-state index contributed by atoms with van der Waals surface area (Å²) in [4.78, 5) is 10.9. The number of sulfone groups is 1. The molecule has 18 heavy (non-hydrogen) atoms. The number of hydrogen-bond donors (Lipinski definition) is 2. The van der Waals surface area contributed by atoms with Crippen LogP contribution in [0.4, 0.5) is 10.1 Å². The van der Waals surface area contributed by atoms with Gasteiger partial charge in [0.25, 0.3) is 0 Å². The van der Waals surface area contributed by atoms with E-state index in [1.54, 1.807) is 6.92 Å². The monoisotopic (exact) mass is 274 g/mol. The van der Waals surface area contributed by atoms with E-state index in [0.717, 1.165) is 12.1 Å². The smallest absolute Gasteiger partial charge is 0.221 e. The fourth-order valence-corrected chi connectivity index (χ4v) is 2.79. The number of nitrogen functional groups attached to an aromatic ring is 1. The maximum absolute atomic E-state index is 13.0. The van der Waals surface area contributed by atoms with Crippen molar-refractivity contribution in [1.82, 2.24) is 5.32 Å². The van der Waals surface area contributed by atoms with Crippen molar-refractivity contribution in [2.24, 2.45) is 0 Å². The van der Waals surface area contributed by atoms with E-state index in [0.29, 0.717) is 6.54 Å². The van der Waals surface area contributed by atoms with Crippen LogP contribution in [0.3, 0.4) is 0 Å². The molecule has 0 spiro atoms. The number of carbonyl (C=O) groups is 1. The Morgan fingerprint density at radius 3 is 2.72 bits per heavy atom. The van der Waals surface area contributed by atoms with Gasteiger partial charge in [0.15, 0.2) is 9.84 Å². The Balaban J connectivity index is 2.87. The Kier molecular flexibility index (Phi) is 4.66. The first-order valence-electron chi connectivity index (χ1n) is 5.41. The summed E-state index contributed by atoms with van der Waals surface area (Å²) in [5.74, 6) is -1.44. The van der Waals surface area contributed by atoms with Crippen molar-refractivity contribution in [3.8, 4) is 0 Å². The molecule has 0 atom stereocenters. The zero-order valence-corrected chi connectivity index (χ0v) is 10.8. The highest BCUT2D eigenvalue weighted by Crippen LogP contribution is 2.21. The lowest BCUT2D eigenvalue weighted by Gasteiger charge is -2.07. The Morgan fingerprint density at radius 1 is 1.44 bits per heavy atom. The molecule has 1 amide bonds. The average Bonchev–Trinajstić information content (AvgIpc) is 2.30. The first-order valence-corrected chi connectivity index (χ1v) is 7.06. The number of carbonyl (C=O) groups excluding carboxylic acids is 1. The summed E-state index contributed by atoms with van der Waals surface area (Å²) in [5, 5.41) is 2.49. The van der Waals surface area contributed by atoms with Crippen LogP contribution in [0.5, 0.6) is 0 Å². The summed E-state index contributed by atoms with van der Waals surface area (Å²) in [5.41, 5.74) is 5.47.